The highest BCUT2D eigenvalue weighted by molar-refractivity contribution is 7.12. The number of carboxylic acid groups (broad SMARTS) is 1. The fraction of sp³-hybridized carbons (Fsp3) is 0.688. The van der Waals surface area contributed by atoms with E-state index in [-0.39, 0.29) is 18.4 Å². The normalized spacial score (nSPS) is 18.7. The minimum atomic E-state index is -2.94. The zero-order valence-corrected chi connectivity index (χ0v) is 13.4. The number of alkyl halides is 2. The summed E-state index contributed by atoms with van der Waals surface area (Å²) in [4.78, 5) is 12.6. The van der Waals surface area contributed by atoms with Crippen LogP contribution in [0.2, 0.25) is 0 Å². The number of hydrogen-bond acceptors (Lipinski definition) is 2. The van der Waals surface area contributed by atoms with E-state index in [0.29, 0.717) is 17.7 Å². The van der Waals surface area contributed by atoms with Crippen LogP contribution in [0.1, 0.15) is 60.3 Å². The zero-order valence-electron chi connectivity index (χ0n) is 12.5. The van der Waals surface area contributed by atoms with E-state index < -0.39 is 17.3 Å². The molecule has 0 aromatic carbocycles. The molecule has 1 fully saturated rings. The van der Waals surface area contributed by atoms with Crippen molar-refractivity contribution in [1.82, 2.24) is 0 Å². The average molecular weight is 316 g/mol. The lowest BCUT2D eigenvalue weighted by atomic mass is 9.68. The Morgan fingerprint density at radius 2 is 1.95 bits per heavy atom. The van der Waals surface area contributed by atoms with E-state index in [0.717, 1.165) is 24.1 Å². The highest BCUT2D eigenvalue weighted by Gasteiger charge is 2.45. The Labute approximate surface area is 128 Å². The third-order valence-electron chi connectivity index (χ3n) is 4.47. The Bertz CT molecular complexity index is 516. The average Bonchev–Trinajstić information content (AvgIpc) is 2.68. The van der Waals surface area contributed by atoms with Crippen LogP contribution in [-0.4, -0.2) is 11.1 Å². The molecule has 1 aromatic heterocycles. The fourth-order valence-corrected chi connectivity index (χ4v) is 4.58. The van der Waals surface area contributed by atoms with Crippen LogP contribution in [0.25, 0.3) is 0 Å². The van der Waals surface area contributed by atoms with Crippen molar-refractivity contribution < 1.29 is 18.7 Å². The molecule has 21 heavy (non-hydrogen) atoms. The van der Waals surface area contributed by atoms with Gasteiger partial charge in [0.25, 0.3) is 5.92 Å². The van der Waals surface area contributed by atoms with E-state index >= 15 is 0 Å². The second-order valence-electron chi connectivity index (χ2n) is 6.34. The van der Waals surface area contributed by atoms with Crippen LogP contribution in [0.3, 0.4) is 0 Å². The SMILES string of the molecule is Cc1cc(C(F)(F)CC2(CC(=O)O)CCCCC2)c(C)s1. The van der Waals surface area contributed by atoms with Gasteiger partial charge in [-0.2, -0.15) is 0 Å². The summed E-state index contributed by atoms with van der Waals surface area (Å²) in [6, 6.07) is 1.55. The van der Waals surface area contributed by atoms with E-state index in [1.54, 1.807) is 13.0 Å². The Morgan fingerprint density at radius 3 is 2.43 bits per heavy atom. The van der Waals surface area contributed by atoms with Gasteiger partial charge in [0.1, 0.15) is 0 Å². The number of aryl methyl sites for hydroxylation is 2. The van der Waals surface area contributed by atoms with Gasteiger partial charge in [-0.25, -0.2) is 8.78 Å². The third kappa shape index (κ3) is 3.82. The standard InChI is InChI=1S/C16H22F2O2S/c1-11-8-13(12(2)21-11)16(17,18)10-15(9-14(19)20)6-4-3-5-7-15/h8H,3-7,9-10H2,1-2H3,(H,19,20). The maximum atomic E-state index is 14.7. The summed E-state index contributed by atoms with van der Waals surface area (Å²) < 4.78 is 29.4. The zero-order chi connectivity index (χ0) is 15.7. The van der Waals surface area contributed by atoms with Crippen molar-refractivity contribution in [2.75, 3.05) is 0 Å². The van der Waals surface area contributed by atoms with Crippen molar-refractivity contribution >= 4 is 17.3 Å². The first kappa shape index (κ1) is 16.4. The molecule has 2 nitrogen and oxygen atoms in total. The predicted molar refractivity (Wildman–Crippen MR) is 80.1 cm³/mol. The molecule has 1 saturated carbocycles. The summed E-state index contributed by atoms with van der Waals surface area (Å²) in [7, 11) is 0. The third-order valence-corrected chi connectivity index (χ3v) is 5.44. The Balaban J connectivity index is 2.26. The summed E-state index contributed by atoms with van der Waals surface area (Å²) in [6.45, 7) is 3.54. The van der Waals surface area contributed by atoms with Gasteiger partial charge in [0, 0.05) is 21.7 Å². The molecule has 1 aliphatic carbocycles. The number of aliphatic carboxylic acids is 1. The van der Waals surface area contributed by atoms with Crippen LogP contribution in [0.4, 0.5) is 8.78 Å². The predicted octanol–water partition coefficient (Wildman–Crippen LogP) is 5.27. The van der Waals surface area contributed by atoms with Crippen molar-refractivity contribution in [3.05, 3.63) is 21.4 Å². The number of thiophene rings is 1. The van der Waals surface area contributed by atoms with Crippen LogP contribution in [0.15, 0.2) is 6.07 Å². The van der Waals surface area contributed by atoms with Crippen molar-refractivity contribution in [3.8, 4) is 0 Å². The molecule has 0 aliphatic heterocycles. The summed E-state index contributed by atoms with van der Waals surface area (Å²) in [5.74, 6) is -3.91. The summed E-state index contributed by atoms with van der Waals surface area (Å²) >= 11 is 1.37. The van der Waals surface area contributed by atoms with Crippen LogP contribution < -0.4 is 0 Å². The van der Waals surface area contributed by atoms with Gasteiger partial charge >= 0.3 is 5.97 Å². The first-order chi connectivity index (χ1) is 9.74. The lowest BCUT2D eigenvalue weighted by Crippen LogP contribution is -2.33. The second kappa shape index (κ2) is 6.03. The summed E-state index contributed by atoms with van der Waals surface area (Å²) in [5, 5.41) is 9.11. The number of carboxylic acids is 1. The highest BCUT2D eigenvalue weighted by Crippen LogP contribution is 2.50. The van der Waals surface area contributed by atoms with E-state index in [1.165, 1.54) is 11.3 Å². The molecular weight excluding hydrogens is 294 g/mol. The number of carbonyl (C=O) groups is 1. The Hall–Kier alpha value is -0.970. The first-order valence-corrected chi connectivity index (χ1v) is 8.23. The molecule has 1 heterocycles. The maximum absolute atomic E-state index is 14.7. The van der Waals surface area contributed by atoms with Crippen molar-refractivity contribution in [2.45, 2.75) is 64.7 Å². The molecule has 118 valence electrons. The minimum Gasteiger partial charge on any atom is -0.481 e. The molecule has 0 atom stereocenters. The van der Waals surface area contributed by atoms with Crippen molar-refractivity contribution in [2.24, 2.45) is 5.41 Å². The molecule has 1 aromatic rings. The van der Waals surface area contributed by atoms with Crippen molar-refractivity contribution in [3.63, 3.8) is 0 Å². The largest absolute Gasteiger partial charge is 0.481 e. The molecule has 0 bridgehead atoms. The molecule has 0 unspecified atom stereocenters. The van der Waals surface area contributed by atoms with Gasteiger partial charge in [0.15, 0.2) is 0 Å². The molecule has 0 spiro atoms. The molecule has 5 heteroatoms. The molecule has 2 rings (SSSR count). The van der Waals surface area contributed by atoms with Gasteiger partial charge in [0.05, 0.1) is 6.42 Å². The smallest absolute Gasteiger partial charge is 0.303 e. The van der Waals surface area contributed by atoms with Crippen LogP contribution >= 0.6 is 11.3 Å². The van der Waals surface area contributed by atoms with Crippen molar-refractivity contribution in [1.29, 1.82) is 0 Å². The Kier molecular flexibility index (Phi) is 4.71. The topological polar surface area (TPSA) is 37.3 Å². The van der Waals surface area contributed by atoms with Crippen LogP contribution in [0, 0.1) is 19.3 Å². The van der Waals surface area contributed by atoms with E-state index in [4.69, 9.17) is 5.11 Å². The monoisotopic (exact) mass is 316 g/mol. The molecule has 1 N–H and O–H groups in total. The maximum Gasteiger partial charge on any atom is 0.303 e. The number of rotatable bonds is 5. The van der Waals surface area contributed by atoms with Gasteiger partial charge in [-0.15, -0.1) is 11.3 Å². The van der Waals surface area contributed by atoms with Gasteiger partial charge < -0.3 is 5.11 Å². The number of halogens is 2. The summed E-state index contributed by atoms with van der Waals surface area (Å²) in [6.07, 6.45) is 3.42. The summed E-state index contributed by atoms with van der Waals surface area (Å²) in [5.41, 5.74) is -0.670. The lowest BCUT2D eigenvalue weighted by molar-refractivity contribution is -0.143. The molecule has 1 aliphatic rings. The minimum absolute atomic E-state index is 0.0836. The second-order valence-corrected chi connectivity index (χ2v) is 7.80. The molecule has 0 saturated heterocycles. The number of hydrogen-bond donors (Lipinski definition) is 1. The van der Waals surface area contributed by atoms with E-state index in [1.807, 2.05) is 6.92 Å². The van der Waals surface area contributed by atoms with Crippen LogP contribution in [0.5, 0.6) is 0 Å². The van der Waals surface area contributed by atoms with Crippen LogP contribution in [-0.2, 0) is 10.7 Å². The quantitative estimate of drug-likeness (QED) is 0.803. The van der Waals surface area contributed by atoms with Gasteiger partial charge in [-0.05, 0) is 38.2 Å². The van der Waals surface area contributed by atoms with Gasteiger partial charge in [0.2, 0.25) is 0 Å². The fourth-order valence-electron chi connectivity index (χ4n) is 3.60. The molecular formula is C16H22F2O2S. The Morgan fingerprint density at radius 1 is 1.33 bits per heavy atom. The van der Waals surface area contributed by atoms with Gasteiger partial charge in [-0.1, -0.05) is 19.3 Å². The van der Waals surface area contributed by atoms with Gasteiger partial charge in [-0.3, -0.25) is 4.79 Å². The van der Waals surface area contributed by atoms with E-state index in [9.17, 15) is 13.6 Å². The molecule has 0 radical (unpaired) electrons. The highest BCUT2D eigenvalue weighted by atomic mass is 32.1. The lowest BCUT2D eigenvalue weighted by Gasteiger charge is -2.38. The first-order valence-electron chi connectivity index (χ1n) is 7.41. The van der Waals surface area contributed by atoms with E-state index in [2.05, 4.69) is 0 Å². The molecule has 0 amide bonds.